The second-order valence-electron chi connectivity index (χ2n) is 2.70. The summed E-state index contributed by atoms with van der Waals surface area (Å²) in [6, 6.07) is 2.05. The quantitative estimate of drug-likeness (QED) is 0.384. The van der Waals surface area contributed by atoms with Crippen molar-refractivity contribution in [2.24, 2.45) is 4.66 Å². The van der Waals surface area contributed by atoms with E-state index in [9.17, 15) is 0 Å². The van der Waals surface area contributed by atoms with Gasteiger partial charge in [0, 0.05) is 0 Å². The third-order valence-corrected chi connectivity index (χ3v) is 1.72. The molecule has 3 nitrogen and oxygen atoms in total. The molecule has 0 bridgehead atoms. The van der Waals surface area contributed by atoms with Crippen LogP contribution in [-0.4, -0.2) is 41.1 Å². The highest BCUT2D eigenvalue weighted by Crippen LogP contribution is 1.83. The molecule has 0 aromatic carbocycles. The molecule has 0 aliphatic carbocycles. The summed E-state index contributed by atoms with van der Waals surface area (Å²) in [7, 11) is 5.74. The first-order valence-electron chi connectivity index (χ1n) is 2.45. The summed E-state index contributed by atoms with van der Waals surface area (Å²) in [5.41, 5.74) is 0. The molecular weight excluding hydrogens is 118 g/mol. The van der Waals surface area contributed by atoms with E-state index in [-0.39, 0.29) is 0 Å². The van der Waals surface area contributed by atoms with Crippen LogP contribution in [0, 0.1) is 5.41 Å². The maximum atomic E-state index is 6.49. The van der Waals surface area contributed by atoms with Crippen molar-refractivity contribution in [1.29, 1.82) is 5.41 Å². The Morgan fingerprint density at radius 2 is 2.00 bits per heavy atom. The van der Waals surface area contributed by atoms with Gasteiger partial charge in [-0.15, -0.1) is 0 Å². The summed E-state index contributed by atoms with van der Waals surface area (Å²) in [5, 5.41) is 6.49. The van der Waals surface area contributed by atoms with Crippen molar-refractivity contribution in [3.63, 3.8) is 0 Å². The van der Waals surface area contributed by atoms with Gasteiger partial charge in [0.1, 0.15) is 0 Å². The monoisotopic (exact) mass is 130 g/mol. The van der Waals surface area contributed by atoms with E-state index in [1.54, 1.807) is 0 Å². The molecule has 8 heavy (non-hydrogen) atoms. The number of hydrogen-bond donors (Lipinski definition) is 1. The van der Waals surface area contributed by atoms with Gasteiger partial charge in [-0.1, -0.05) is 0 Å². The first-order valence-corrected chi connectivity index (χ1v) is 3.71. The minimum absolute atomic E-state index is 0.486. The van der Waals surface area contributed by atoms with Crippen molar-refractivity contribution in [2.45, 2.75) is 0 Å². The van der Waals surface area contributed by atoms with Crippen LogP contribution < -0.4 is 0 Å². The minimum atomic E-state index is -0.486. The molecule has 46 valence electrons. The summed E-state index contributed by atoms with van der Waals surface area (Å²) < 4.78 is 4.67. The minimum Gasteiger partial charge on any atom is -0.377 e. The first kappa shape index (κ1) is 7.56. The molecular formula is C4H12N3Si+. The van der Waals surface area contributed by atoms with Crippen molar-refractivity contribution in [1.82, 2.24) is 0 Å². The Kier molecular flexibility index (Phi) is 2.61. The molecule has 4 heteroatoms. The normalized spacial score (nSPS) is 11.9. The molecule has 0 heterocycles. The smallest absolute Gasteiger partial charge is 0.377 e. The highest BCUT2D eigenvalue weighted by Gasteiger charge is 2.03. The predicted molar refractivity (Wildman–Crippen MR) is 36.7 cm³/mol. The summed E-state index contributed by atoms with van der Waals surface area (Å²) in [6.07, 6.45) is 0. The second-order valence-corrected chi connectivity index (χ2v) is 5.20. The van der Waals surface area contributed by atoms with Crippen LogP contribution in [0.3, 0.4) is 0 Å². The van der Waals surface area contributed by atoms with Gasteiger partial charge in [-0.05, 0) is 0 Å². The van der Waals surface area contributed by atoms with Gasteiger partial charge in [0.25, 0.3) is 0 Å². The van der Waals surface area contributed by atoms with E-state index in [0.717, 1.165) is 4.15 Å². The van der Waals surface area contributed by atoms with Crippen LogP contribution >= 0.6 is 0 Å². The molecule has 0 aliphatic heterocycles. The van der Waals surface area contributed by atoms with E-state index in [1.165, 1.54) is 0 Å². The summed E-state index contributed by atoms with van der Waals surface area (Å²) in [6.45, 7) is 0. The highest BCUT2D eigenvalue weighted by molar-refractivity contribution is 6.25. The van der Waals surface area contributed by atoms with E-state index in [2.05, 4.69) is 25.8 Å². The van der Waals surface area contributed by atoms with Crippen LogP contribution in [0.4, 0.5) is 0 Å². The molecule has 0 rings (SSSR count). The third kappa shape index (κ3) is 5.56. The predicted octanol–water partition coefficient (Wildman–Crippen LogP) is -0.556. The van der Waals surface area contributed by atoms with Crippen molar-refractivity contribution < 1.29 is 4.15 Å². The Morgan fingerprint density at radius 3 is 2.12 bits per heavy atom. The zero-order valence-corrected chi connectivity index (χ0v) is 7.02. The molecule has 0 saturated carbocycles. The molecule has 1 N–H and O–H groups in total. The Morgan fingerprint density at radius 1 is 1.50 bits per heavy atom. The maximum absolute atomic E-state index is 6.49. The number of rotatable bonds is 2. The van der Waals surface area contributed by atoms with E-state index in [0.29, 0.717) is 0 Å². The van der Waals surface area contributed by atoms with Crippen LogP contribution in [0.1, 0.15) is 0 Å². The van der Waals surface area contributed by atoms with E-state index < -0.39 is 9.84 Å². The van der Waals surface area contributed by atoms with E-state index >= 15 is 0 Å². The van der Waals surface area contributed by atoms with E-state index in [1.807, 2.05) is 6.01 Å². The Labute approximate surface area is 52.1 Å². The summed E-state index contributed by atoms with van der Waals surface area (Å²) in [4.78, 5) is 0. The maximum Gasteiger partial charge on any atom is 0.395 e. The molecule has 0 atom stereocenters. The SMILES string of the molecule is C[N+](C)(C)[SiH2]N=C=N. The zero-order chi connectivity index (χ0) is 6.62. The molecule has 0 unspecified atom stereocenters. The third-order valence-electron chi connectivity index (χ3n) is 0.574. The van der Waals surface area contributed by atoms with Crippen LogP contribution in [0.25, 0.3) is 0 Å². The number of nitrogens with one attached hydrogen (secondary N) is 1. The molecule has 0 aromatic heterocycles. The van der Waals surface area contributed by atoms with Crippen LogP contribution in [0.15, 0.2) is 4.66 Å². The van der Waals surface area contributed by atoms with Gasteiger partial charge < -0.3 is 4.15 Å². The average molecular weight is 130 g/mol. The number of hydrogen-bond acceptors (Lipinski definition) is 2. The van der Waals surface area contributed by atoms with Gasteiger partial charge in [-0.2, -0.15) is 0 Å². The van der Waals surface area contributed by atoms with Gasteiger partial charge in [0.15, 0.2) is 0 Å². The molecule has 0 amide bonds. The van der Waals surface area contributed by atoms with Crippen molar-refractivity contribution in [3.05, 3.63) is 0 Å². The van der Waals surface area contributed by atoms with Crippen LogP contribution in [0.5, 0.6) is 0 Å². The lowest BCUT2D eigenvalue weighted by molar-refractivity contribution is -0.756. The summed E-state index contributed by atoms with van der Waals surface area (Å²) in [5.74, 6) is 0. The van der Waals surface area contributed by atoms with Gasteiger partial charge in [0.2, 0.25) is 0 Å². The first-order chi connectivity index (χ1) is 3.56. The van der Waals surface area contributed by atoms with Crippen LogP contribution in [0.2, 0.25) is 0 Å². The average Bonchev–Trinajstić information content (AvgIpc) is 1.59. The van der Waals surface area contributed by atoms with Crippen LogP contribution in [-0.2, 0) is 0 Å². The number of quaternary nitrogens is 1. The standard InChI is InChI=1S/C4H12N3Si/c1-7(2,3)8-6-4-5/h5H,8H2,1-3H3/q+1. The van der Waals surface area contributed by atoms with Gasteiger partial charge in [0.05, 0.1) is 27.2 Å². The molecule has 0 fully saturated rings. The lowest BCUT2D eigenvalue weighted by atomic mass is 11.0. The topological polar surface area (TPSA) is 36.2 Å². The summed E-state index contributed by atoms with van der Waals surface area (Å²) >= 11 is 0. The van der Waals surface area contributed by atoms with Gasteiger partial charge in [-0.25, -0.2) is 10.1 Å². The zero-order valence-electron chi connectivity index (χ0n) is 5.60. The largest absolute Gasteiger partial charge is 0.395 e. The van der Waals surface area contributed by atoms with Gasteiger partial charge >= 0.3 is 9.84 Å². The molecule has 0 aliphatic rings. The van der Waals surface area contributed by atoms with E-state index in [4.69, 9.17) is 5.41 Å². The number of nitrogens with zero attached hydrogens (tertiary/aromatic N) is 2. The lowest BCUT2D eigenvalue weighted by Gasteiger charge is -2.20. The molecule has 0 saturated heterocycles. The van der Waals surface area contributed by atoms with Gasteiger partial charge in [-0.3, -0.25) is 0 Å². The van der Waals surface area contributed by atoms with Crippen molar-refractivity contribution >= 4 is 15.9 Å². The lowest BCUT2D eigenvalue weighted by Crippen LogP contribution is -2.37. The molecule has 0 aromatic rings. The van der Waals surface area contributed by atoms with Crippen molar-refractivity contribution in [3.8, 4) is 0 Å². The second kappa shape index (κ2) is 2.77. The fourth-order valence-electron chi connectivity index (χ4n) is 0.247. The highest BCUT2D eigenvalue weighted by atomic mass is 28.2. The molecule has 0 spiro atoms. The fourth-order valence-corrected chi connectivity index (χ4v) is 0.742. The fraction of sp³-hybridized carbons (Fsp3) is 0.750. The van der Waals surface area contributed by atoms with Crippen molar-refractivity contribution in [2.75, 3.05) is 21.1 Å². The molecule has 0 radical (unpaired) electrons. The Balaban J connectivity index is 3.55. The Bertz CT molecular complexity index is 109. The Hall–Kier alpha value is -0.443.